The van der Waals surface area contributed by atoms with Crippen LogP contribution in [-0.4, -0.2) is 46.9 Å². The molecule has 1 aliphatic heterocycles. The Morgan fingerprint density at radius 2 is 2.19 bits per heavy atom. The van der Waals surface area contributed by atoms with Crippen molar-refractivity contribution in [2.45, 2.75) is 25.3 Å². The Hall–Kier alpha value is -2.02. The Morgan fingerprint density at radius 1 is 1.43 bits per heavy atom. The quantitative estimate of drug-likeness (QED) is 0.798. The Kier molecular flexibility index (Phi) is 4.85. The Balaban J connectivity index is 1.91. The summed E-state index contributed by atoms with van der Waals surface area (Å²) in [6.45, 7) is 0.0115. The van der Waals surface area contributed by atoms with Crippen LogP contribution in [0.1, 0.15) is 29.8 Å². The van der Waals surface area contributed by atoms with E-state index in [0.29, 0.717) is 18.0 Å². The summed E-state index contributed by atoms with van der Waals surface area (Å²) < 4.78 is 4.91. The first kappa shape index (κ1) is 15.4. The lowest BCUT2D eigenvalue weighted by atomic mass is 10.0. The highest BCUT2D eigenvalue weighted by Gasteiger charge is 2.31. The van der Waals surface area contributed by atoms with Crippen LogP contribution in [0.25, 0.3) is 0 Å². The van der Waals surface area contributed by atoms with E-state index in [-0.39, 0.29) is 5.69 Å². The topological polar surface area (TPSA) is 105 Å². The van der Waals surface area contributed by atoms with Gasteiger partial charge in [-0.25, -0.2) is 4.79 Å². The molecule has 0 spiro atoms. The van der Waals surface area contributed by atoms with Crippen molar-refractivity contribution >= 4 is 29.4 Å². The van der Waals surface area contributed by atoms with Gasteiger partial charge in [-0.2, -0.15) is 0 Å². The van der Waals surface area contributed by atoms with Crippen molar-refractivity contribution in [1.82, 2.24) is 9.88 Å². The number of aromatic amines is 1. The highest BCUT2D eigenvalue weighted by atomic mass is 35.5. The van der Waals surface area contributed by atoms with Crippen LogP contribution in [-0.2, 0) is 14.3 Å². The molecule has 2 rings (SSSR count). The molecule has 2 amide bonds. The molecular formula is C13H16ClN3O4. The maximum Gasteiger partial charge on any atom is 0.355 e. The van der Waals surface area contributed by atoms with Gasteiger partial charge < -0.3 is 20.4 Å². The number of nitrogens with zero attached hydrogens (tertiary/aromatic N) is 1. The lowest BCUT2D eigenvalue weighted by Gasteiger charge is -2.33. The Labute approximate surface area is 126 Å². The van der Waals surface area contributed by atoms with E-state index in [0.717, 1.165) is 12.8 Å². The molecule has 0 radical (unpaired) electrons. The highest BCUT2D eigenvalue weighted by Crippen LogP contribution is 2.17. The molecular weight excluding hydrogens is 298 g/mol. The normalized spacial score (nSPS) is 18.3. The number of carbonyl (C=O) groups excluding carboxylic acids is 3. The highest BCUT2D eigenvalue weighted by molar-refractivity contribution is 6.30. The average Bonchev–Trinajstić information content (AvgIpc) is 2.91. The number of halogens is 1. The first-order valence-electron chi connectivity index (χ1n) is 6.59. The fraction of sp³-hybridized carbons (Fsp3) is 0.462. The number of carbonyl (C=O) groups is 3. The molecule has 7 nitrogen and oxygen atoms in total. The summed E-state index contributed by atoms with van der Waals surface area (Å²) in [6, 6.07) is 0.784. The fourth-order valence-electron chi connectivity index (χ4n) is 2.30. The van der Waals surface area contributed by atoms with Gasteiger partial charge >= 0.3 is 5.97 Å². The molecule has 8 heteroatoms. The van der Waals surface area contributed by atoms with Crippen LogP contribution in [0.15, 0.2) is 12.3 Å². The van der Waals surface area contributed by atoms with E-state index in [9.17, 15) is 14.4 Å². The molecule has 2 heterocycles. The number of ether oxygens (including phenoxy) is 1. The molecule has 1 aromatic rings. The summed E-state index contributed by atoms with van der Waals surface area (Å²) in [7, 11) is 0. The van der Waals surface area contributed by atoms with Crippen LogP contribution in [0.3, 0.4) is 0 Å². The molecule has 0 aliphatic carbocycles. The smallest absolute Gasteiger partial charge is 0.355 e. The van der Waals surface area contributed by atoms with E-state index in [2.05, 4.69) is 4.98 Å². The number of rotatable bonds is 4. The monoisotopic (exact) mass is 313 g/mol. The van der Waals surface area contributed by atoms with Crippen LogP contribution < -0.4 is 5.73 Å². The molecule has 1 fully saturated rings. The van der Waals surface area contributed by atoms with Crippen molar-refractivity contribution in [3.63, 3.8) is 0 Å². The first-order chi connectivity index (χ1) is 9.99. The second-order valence-electron chi connectivity index (χ2n) is 4.81. The number of H-pyrrole nitrogens is 1. The molecule has 1 saturated heterocycles. The Morgan fingerprint density at radius 3 is 2.81 bits per heavy atom. The second-order valence-corrected chi connectivity index (χ2v) is 5.25. The van der Waals surface area contributed by atoms with E-state index in [4.69, 9.17) is 22.1 Å². The number of nitrogens with one attached hydrogen (secondary N) is 1. The number of likely N-dealkylation sites (tertiary alicyclic amines) is 1. The van der Waals surface area contributed by atoms with Gasteiger partial charge in [0.05, 0.1) is 5.02 Å². The van der Waals surface area contributed by atoms with Gasteiger partial charge in [0.2, 0.25) is 5.91 Å². The van der Waals surface area contributed by atoms with Gasteiger partial charge in [-0.3, -0.25) is 9.59 Å². The third-order valence-electron chi connectivity index (χ3n) is 3.35. The zero-order valence-corrected chi connectivity index (χ0v) is 12.1. The lowest BCUT2D eigenvalue weighted by Crippen LogP contribution is -2.51. The zero-order valence-electron chi connectivity index (χ0n) is 11.3. The van der Waals surface area contributed by atoms with E-state index in [1.54, 1.807) is 0 Å². The summed E-state index contributed by atoms with van der Waals surface area (Å²) in [5.41, 5.74) is 5.45. The number of piperidine rings is 1. The minimum absolute atomic E-state index is 0.165. The third kappa shape index (κ3) is 3.75. The van der Waals surface area contributed by atoms with Crippen molar-refractivity contribution in [2.24, 2.45) is 5.73 Å². The first-order valence-corrected chi connectivity index (χ1v) is 6.96. The van der Waals surface area contributed by atoms with Gasteiger partial charge in [-0.05, 0) is 25.3 Å². The third-order valence-corrected chi connectivity index (χ3v) is 3.56. The minimum atomic E-state index is -0.678. The minimum Gasteiger partial charge on any atom is -0.451 e. The number of nitrogens with two attached hydrogens (primary N) is 1. The van der Waals surface area contributed by atoms with Gasteiger partial charge in [-0.1, -0.05) is 11.6 Å². The number of aromatic nitrogens is 1. The molecule has 3 N–H and O–H groups in total. The molecule has 114 valence electrons. The van der Waals surface area contributed by atoms with E-state index in [1.807, 2.05) is 0 Å². The molecule has 1 atom stereocenters. The molecule has 0 aromatic carbocycles. The van der Waals surface area contributed by atoms with Gasteiger partial charge in [0, 0.05) is 12.7 Å². The number of esters is 1. The van der Waals surface area contributed by atoms with Crippen LogP contribution in [0.2, 0.25) is 5.02 Å². The van der Waals surface area contributed by atoms with Gasteiger partial charge in [-0.15, -0.1) is 0 Å². The SMILES string of the molecule is NC(=O)[C@@H]1CCCCN1C(=O)COC(=O)c1cc(Cl)c[nH]1. The van der Waals surface area contributed by atoms with Crippen LogP contribution >= 0.6 is 11.6 Å². The van der Waals surface area contributed by atoms with Crippen molar-refractivity contribution in [2.75, 3.05) is 13.2 Å². The summed E-state index contributed by atoms with van der Waals surface area (Å²) in [5, 5.41) is 0.373. The molecule has 1 aromatic heterocycles. The van der Waals surface area contributed by atoms with E-state index >= 15 is 0 Å². The predicted octanol–water partition coefficient (Wildman–Crippen LogP) is 0.691. The Bertz CT molecular complexity index is 557. The number of amides is 2. The summed E-state index contributed by atoms with van der Waals surface area (Å²) in [5.74, 6) is -1.64. The van der Waals surface area contributed by atoms with Crippen molar-refractivity contribution < 1.29 is 19.1 Å². The largest absolute Gasteiger partial charge is 0.451 e. The van der Waals surface area contributed by atoms with Crippen molar-refractivity contribution in [3.05, 3.63) is 23.0 Å². The van der Waals surface area contributed by atoms with Gasteiger partial charge in [0.25, 0.3) is 5.91 Å². The van der Waals surface area contributed by atoms with E-state index < -0.39 is 30.4 Å². The van der Waals surface area contributed by atoms with Crippen LogP contribution in [0, 0.1) is 0 Å². The molecule has 0 saturated carbocycles. The average molecular weight is 314 g/mol. The van der Waals surface area contributed by atoms with Crippen LogP contribution in [0.4, 0.5) is 0 Å². The summed E-state index contributed by atoms with van der Waals surface area (Å²) in [6.07, 6.45) is 3.63. The molecule has 0 unspecified atom stereocenters. The van der Waals surface area contributed by atoms with Gasteiger partial charge in [0.15, 0.2) is 6.61 Å². The second kappa shape index (κ2) is 6.62. The van der Waals surface area contributed by atoms with E-state index in [1.165, 1.54) is 17.2 Å². The number of hydrogen-bond donors (Lipinski definition) is 2. The number of primary amides is 1. The van der Waals surface area contributed by atoms with Crippen LogP contribution in [0.5, 0.6) is 0 Å². The predicted molar refractivity (Wildman–Crippen MR) is 74.6 cm³/mol. The molecule has 0 bridgehead atoms. The van der Waals surface area contributed by atoms with Gasteiger partial charge in [0.1, 0.15) is 11.7 Å². The molecule has 21 heavy (non-hydrogen) atoms. The standard InChI is InChI=1S/C13H16ClN3O4/c14-8-5-9(16-6-8)13(20)21-7-11(18)17-4-2-1-3-10(17)12(15)19/h5-6,10,16H,1-4,7H2,(H2,15,19)/t10-/m0/s1. The van der Waals surface area contributed by atoms with Crippen molar-refractivity contribution in [3.8, 4) is 0 Å². The maximum atomic E-state index is 12.1. The zero-order chi connectivity index (χ0) is 15.4. The maximum absolute atomic E-state index is 12.1. The van der Waals surface area contributed by atoms with Crippen molar-refractivity contribution in [1.29, 1.82) is 0 Å². The number of hydrogen-bond acceptors (Lipinski definition) is 4. The lowest BCUT2D eigenvalue weighted by molar-refractivity contribution is -0.143. The fourth-order valence-corrected chi connectivity index (χ4v) is 2.46. The summed E-state index contributed by atoms with van der Waals surface area (Å²) in [4.78, 5) is 39.1. The summed E-state index contributed by atoms with van der Waals surface area (Å²) >= 11 is 5.68. The molecule has 1 aliphatic rings.